The Morgan fingerprint density at radius 1 is 0.981 bits per heavy atom. The van der Waals surface area contributed by atoms with E-state index in [1.807, 2.05) is 44.0 Å². The van der Waals surface area contributed by atoms with E-state index in [1.54, 1.807) is 23.2 Å². The molecule has 0 spiro atoms. The highest BCUT2D eigenvalue weighted by Crippen LogP contribution is 2.50. The Balaban J connectivity index is 1.28. The van der Waals surface area contributed by atoms with Gasteiger partial charge >= 0.3 is 0 Å². The summed E-state index contributed by atoms with van der Waals surface area (Å²) in [7, 11) is 0. The molecule has 1 aliphatic carbocycles. The minimum atomic E-state index is -2.94. The molecule has 1 aromatic carbocycles. The van der Waals surface area contributed by atoms with Gasteiger partial charge in [0.15, 0.2) is 23.3 Å². The predicted molar refractivity (Wildman–Crippen MR) is 186 cm³/mol. The van der Waals surface area contributed by atoms with Gasteiger partial charge in [-0.15, -0.1) is 0 Å². The fourth-order valence-electron chi connectivity index (χ4n) is 7.90. The molecule has 15 heteroatoms. The van der Waals surface area contributed by atoms with Crippen molar-refractivity contribution in [2.75, 3.05) is 29.9 Å². The monoisotopic (exact) mass is 724 g/mol. The van der Waals surface area contributed by atoms with Crippen LogP contribution >= 0.6 is 0 Å². The van der Waals surface area contributed by atoms with Gasteiger partial charge in [-0.2, -0.15) is 0 Å². The van der Waals surface area contributed by atoms with Crippen LogP contribution < -0.4 is 15.5 Å². The molecule has 3 aliphatic rings. The van der Waals surface area contributed by atoms with E-state index >= 15 is 4.39 Å². The Hall–Kier alpha value is -4.66. The lowest BCUT2D eigenvalue weighted by atomic mass is 9.71. The van der Waals surface area contributed by atoms with Crippen molar-refractivity contribution in [2.45, 2.75) is 96.2 Å². The van der Waals surface area contributed by atoms with Gasteiger partial charge in [0.25, 0.3) is 12.3 Å². The number of likely N-dealkylation sites (tertiary alicyclic amines) is 1. The lowest BCUT2D eigenvalue weighted by Crippen LogP contribution is -2.64. The number of nitrogens with zero attached hydrogens (tertiary/aromatic N) is 6. The van der Waals surface area contributed by atoms with E-state index in [0.29, 0.717) is 39.7 Å². The van der Waals surface area contributed by atoms with E-state index in [4.69, 9.17) is 9.97 Å². The zero-order valence-corrected chi connectivity index (χ0v) is 29.7. The number of nitrogens with one attached hydrogen (secondary N) is 2. The maximum atomic E-state index is 15.3. The third-order valence-corrected chi connectivity index (χ3v) is 10.8. The molecule has 0 bridgehead atoms. The number of carbonyl (C=O) groups is 2. The molecule has 0 atom stereocenters. The fraction of sp³-hybridized carbons (Fsp3) is 0.486. The number of amides is 2. The molecule has 0 radical (unpaired) electrons. The number of rotatable bonds is 9. The van der Waals surface area contributed by atoms with E-state index < -0.39 is 53.0 Å². The lowest BCUT2D eigenvalue weighted by Gasteiger charge is -2.55. The second-order valence-electron chi connectivity index (χ2n) is 15.1. The highest BCUT2D eigenvalue weighted by molar-refractivity contribution is 6.08. The van der Waals surface area contributed by atoms with Crippen LogP contribution in [0.4, 0.5) is 39.1 Å². The van der Waals surface area contributed by atoms with Gasteiger partial charge in [0, 0.05) is 29.4 Å². The number of imidazole rings is 1. The second kappa shape index (κ2) is 13.1. The van der Waals surface area contributed by atoms with Gasteiger partial charge in [0.05, 0.1) is 52.1 Å². The number of anilines is 3. The minimum Gasteiger partial charge on any atom is -0.346 e. The standard InChI is InChI=1S/C37H41F5N8O2/c1-19(2)49-18-45-25-13-23(46-33(31(25)49)47-24-12-22(28(40)30(42)29(24)41)34(51)44-17-27(38)39)20-11-26-32(43-16-20)36(3,4)35(52)50(26)21-14-37(5,15-21)48-9-7-6-8-10-48/h11-13,16,18-19,21,27H,6-10,14-15,17H2,1-5H3,(H,44,51)(H,46,47). The van der Waals surface area contributed by atoms with Crippen LogP contribution in [0, 0.1) is 17.5 Å². The van der Waals surface area contributed by atoms with Gasteiger partial charge in [-0.1, -0.05) is 6.42 Å². The molecular formula is C37H41F5N8O2. The first-order valence-electron chi connectivity index (χ1n) is 17.6. The fourth-order valence-corrected chi connectivity index (χ4v) is 7.90. The molecule has 52 heavy (non-hydrogen) atoms. The molecular weight excluding hydrogens is 683 g/mol. The highest BCUT2D eigenvalue weighted by Gasteiger charge is 2.54. The summed E-state index contributed by atoms with van der Waals surface area (Å²) < 4.78 is 72.0. The third-order valence-electron chi connectivity index (χ3n) is 10.8. The van der Waals surface area contributed by atoms with E-state index in [9.17, 15) is 27.2 Å². The number of pyridine rings is 2. The minimum absolute atomic E-state index is 0.00477. The largest absolute Gasteiger partial charge is 0.346 e. The molecule has 276 valence electrons. The van der Waals surface area contributed by atoms with Crippen LogP contribution in [0.25, 0.3) is 22.3 Å². The van der Waals surface area contributed by atoms with E-state index in [0.717, 1.165) is 25.9 Å². The van der Waals surface area contributed by atoms with Crippen LogP contribution in [0.15, 0.2) is 30.7 Å². The molecule has 3 aromatic heterocycles. The summed E-state index contributed by atoms with van der Waals surface area (Å²) in [5, 5.41) is 4.54. The van der Waals surface area contributed by atoms with Gasteiger partial charge in [-0.25, -0.2) is 31.9 Å². The van der Waals surface area contributed by atoms with Gasteiger partial charge in [0.2, 0.25) is 5.91 Å². The molecule has 2 amide bonds. The maximum Gasteiger partial charge on any atom is 0.255 e. The number of hydrogen-bond acceptors (Lipinski definition) is 7. The smallest absolute Gasteiger partial charge is 0.255 e. The van der Waals surface area contributed by atoms with Crippen molar-refractivity contribution in [2.24, 2.45) is 0 Å². The summed E-state index contributed by atoms with van der Waals surface area (Å²) in [6.45, 7) is 10.8. The van der Waals surface area contributed by atoms with Crippen LogP contribution in [0.1, 0.15) is 88.8 Å². The van der Waals surface area contributed by atoms with Gasteiger partial charge < -0.3 is 20.1 Å². The first kappa shape index (κ1) is 35.7. The quantitative estimate of drug-likeness (QED) is 0.138. The van der Waals surface area contributed by atoms with Crippen molar-refractivity contribution in [1.82, 2.24) is 29.7 Å². The summed E-state index contributed by atoms with van der Waals surface area (Å²) in [4.78, 5) is 45.0. The van der Waals surface area contributed by atoms with E-state index in [1.165, 1.54) is 19.3 Å². The first-order valence-corrected chi connectivity index (χ1v) is 17.6. The van der Waals surface area contributed by atoms with Gasteiger partial charge in [-0.3, -0.25) is 19.5 Å². The van der Waals surface area contributed by atoms with Crippen molar-refractivity contribution in [3.05, 3.63) is 59.4 Å². The summed E-state index contributed by atoms with van der Waals surface area (Å²) in [6, 6.07) is 4.15. The molecule has 7 rings (SSSR count). The Morgan fingerprint density at radius 3 is 2.37 bits per heavy atom. The molecule has 5 heterocycles. The lowest BCUT2D eigenvalue weighted by molar-refractivity contribution is -0.123. The number of aromatic nitrogens is 4. The number of hydrogen-bond donors (Lipinski definition) is 2. The number of halogens is 5. The van der Waals surface area contributed by atoms with Gasteiger partial charge in [0.1, 0.15) is 5.52 Å². The number of alkyl halides is 2. The normalized spacial score (nSPS) is 21.6. The number of benzene rings is 1. The van der Waals surface area contributed by atoms with Crippen LogP contribution in [0.2, 0.25) is 0 Å². The van der Waals surface area contributed by atoms with Crippen molar-refractivity contribution in [3.63, 3.8) is 0 Å². The first-order chi connectivity index (χ1) is 24.6. The topological polar surface area (TPSA) is 108 Å². The zero-order valence-electron chi connectivity index (χ0n) is 29.7. The van der Waals surface area contributed by atoms with Crippen molar-refractivity contribution >= 4 is 40.0 Å². The van der Waals surface area contributed by atoms with Gasteiger partial charge in [-0.05, 0) is 91.6 Å². The predicted octanol–water partition coefficient (Wildman–Crippen LogP) is 7.26. The third kappa shape index (κ3) is 5.96. The van der Waals surface area contributed by atoms with Crippen molar-refractivity contribution in [3.8, 4) is 11.3 Å². The summed E-state index contributed by atoms with van der Waals surface area (Å²) in [5.74, 6) is -6.77. The average molecular weight is 725 g/mol. The molecule has 1 saturated carbocycles. The summed E-state index contributed by atoms with van der Waals surface area (Å²) in [5.41, 5.74) is 0.625. The Kier molecular flexibility index (Phi) is 8.99. The van der Waals surface area contributed by atoms with Crippen LogP contribution in [-0.4, -0.2) is 73.9 Å². The summed E-state index contributed by atoms with van der Waals surface area (Å²) >= 11 is 0. The molecule has 2 fully saturated rings. The molecule has 1 saturated heterocycles. The Bertz CT molecular complexity index is 2070. The second-order valence-corrected chi connectivity index (χ2v) is 15.1. The zero-order chi connectivity index (χ0) is 37.3. The summed E-state index contributed by atoms with van der Waals surface area (Å²) in [6.07, 6.45) is 5.50. The number of piperidine rings is 1. The maximum absolute atomic E-state index is 15.3. The molecule has 0 unspecified atom stereocenters. The SMILES string of the molecule is CC(C)n1cnc2cc(-c3cnc4c(c3)N(C3CC(C)(N5CCCCC5)C3)C(=O)C4(C)C)nc(Nc3cc(C(=O)NCC(F)F)c(F)c(F)c3F)c21. The van der Waals surface area contributed by atoms with Crippen molar-refractivity contribution in [1.29, 1.82) is 0 Å². The molecule has 10 nitrogen and oxygen atoms in total. The average Bonchev–Trinajstić information content (AvgIpc) is 3.62. The molecule has 2 N–H and O–H groups in total. The van der Waals surface area contributed by atoms with Crippen molar-refractivity contribution < 1.29 is 31.5 Å². The molecule has 4 aromatic rings. The number of carbonyl (C=O) groups excluding carboxylic acids is 2. The Labute approximate surface area is 297 Å². The highest BCUT2D eigenvalue weighted by atomic mass is 19.3. The van der Waals surface area contributed by atoms with E-state index in [2.05, 4.69) is 22.1 Å². The van der Waals surface area contributed by atoms with Crippen LogP contribution in [0.3, 0.4) is 0 Å². The van der Waals surface area contributed by atoms with Crippen LogP contribution in [-0.2, 0) is 10.2 Å². The number of fused-ring (bicyclic) bond motifs is 2. The van der Waals surface area contributed by atoms with Crippen LogP contribution in [0.5, 0.6) is 0 Å². The molecule has 2 aliphatic heterocycles. The van der Waals surface area contributed by atoms with E-state index in [-0.39, 0.29) is 29.3 Å². The Morgan fingerprint density at radius 2 is 1.69 bits per heavy atom.